The van der Waals surface area contributed by atoms with Crippen molar-refractivity contribution in [2.45, 2.75) is 58.4 Å². The molecule has 1 heteroatoms. The van der Waals surface area contributed by atoms with E-state index in [-0.39, 0.29) is 0 Å². The van der Waals surface area contributed by atoms with Crippen molar-refractivity contribution in [3.63, 3.8) is 0 Å². The second-order valence-corrected chi connectivity index (χ2v) is 5.81. The molecule has 100 valence electrons. The quantitative estimate of drug-likeness (QED) is 0.771. The minimum Gasteiger partial charge on any atom is -0.313 e. The summed E-state index contributed by atoms with van der Waals surface area (Å²) in [6, 6.07) is 7.29. The summed E-state index contributed by atoms with van der Waals surface area (Å²) in [7, 11) is 2.12. The van der Waals surface area contributed by atoms with Gasteiger partial charge in [-0.2, -0.15) is 0 Å². The fourth-order valence-electron chi connectivity index (χ4n) is 3.40. The van der Waals surface area contributed by atoms with Crippen molar-refractivity contribution < 1.29 is 0 Å². The van der Waals surface area contributed by atoms with Crippen molar-refractivity contribution in [2.75, 3.05) is 7.05 Å². The minimum absolute atomic E-state index is 0.544. The van der Waals surface area contributed by atoms with E-state index < -0.39 is 0 Å². The first kappa shape index (κ1) is 13.6. The lowest BCUT2D eigenvalue weighted by atomic mass is 9.84. The van der Waals surface area contributed by atoms with Crippen LogP contribution in [-0.2, 0) is 0 Å². The molecule has 1 aliphatic rings. The highest BCUT2D eigenvalue weighted by Gasteiger charge is 2.24. The summed E-state index contributed by atoms with van der Waals surface area (Å²) in [6.07, 6.45) is 8.46. The number of benzene rings is 1. The Morgan fingerprint density at radius 2 is 1.72 bits per heavy atom. The van der Waals surface area contributed by atoms with Gasteiger partial charge in [0.1, 0.15) is 0 Å². The third-order valence-corrected chi connectivity index (χ3v) is 4.66. The fraction of sp³-hybridized carbons (Fsp3) is 0.647. The maximum atomic E-state index is 3.58. The molecule has 0 aliphatic heterocycles. The van der Waals surface area contributed by atoms with Crippen LogP contribution in [0.25, 0.3) is 0 Å². The molecule has 0 bridgehead atoms. The zero-order chi connectivity index (χ0) is 13.0. The zero-order valence-electron chi connectivity index (χ0n) is 12.1. The minimum atomic E-state index is 0.544. The molecular formula is C17H27N. The molecule has 1 aromatic rings. The third-order valence-electron chi connectivity index (χ3n) is 4.66. The van der Waals surface area contributed by atoms with Crippen molar-refractivity contribution in [2.24, 2.45) is 5.92 Å². The van der Waals surface area contributed by atoms with Crippen LogP contribution < -0.4 is 5.32 Å². The lowest BCUT2D eigenvalue weighted by molar-refractivity contribution is 0.340. The van der Waals surface area contributed by atoms with E-state index in [4.69, 9.17) is 0 Å². The summed E-state index contributed by atoms with van der Waals surface area (Å²) in [4.78, 5) is 0. The van der Waals surface area contributed by atoms with Gasteiger partial charge in [-0.1, -0.05) is 43.9 Å². The first-order chi connectivity index (χ1) is 8.74. The Labute approximate surface area is 112 Å². The molecule has 0 saturated heterocycles. The van der Waals surface area contributed by atoms with Crippen LogP contribution in [0.15, 0.2) is 18.2 Å². The number of aryl methyl sites for hydroxylation is 1. The van der Waals surface area contributed by atoms with E-state index in [1.807, 2.05) is 0 Å². The zero-order valence-corrected chi connectivity index (χ0v) is 12.1. The molecule has 1 aliphatic carbocycles. The lowest BCUT2D eigenvalue weighted by Crippen LogP contribution is -2.26. The fourth-order valence-corrected chi connectivity index (χ4v) is 3.40. The highest BCUT2D eigenvalue weighted by Crippen LogP contribution is 2.35. The molecule has 1 atom stereocenters. The molecule has 1 N–H and O–H groups in total. The molecule has 0 aromatic heterocycles. The van der Waals surface area contributed by atoms with Gasteiger partial charge in [-0.3, -0.25) is 0 Å². The SMILES string of the molecule is CNC(c1cccc(C)c1C)C1CCCCCC1. The first-order valence-corrected chi connectivity index (χ1v) is 7.47. The summed E-state index contributed by atoms with van der Waals surface area (Å²) >= 11 is 0. The van der Waals surface area contributed by atoms with Gasteiger partial charge in [0.15, 0.2) is 0 Å². The van der Waals surface area contributed by atoms with Crippen LogP contribution >= 0.6 is 0 Å². The smallest absolute Gasteiger partial charge is 0.0348 e. The molecule has 1 nitrogen and oxygen atoms in total. The molecule has 18 heavy (non-hydrogen) atoms. The maximum Gasteiger partial charge on any atom is 0.0348 e. The van der Waals surface area contributed by atoms with Gasteiger partial charge in [0.2, 0.25) is 0 Å². The molecule has 1 fully saturated rings. The molecule has 1 saturated carbocycles. The second-order valence-electron chi connectivity index (χ2n) is 5.81. The van der Waals surface area contributed by atoms with Gasteiger partial charge >= 0.3 is 0 Å². The summed E-state index contributed by atoms with van der Waals surface area (Å²) in [5.41, 5.74) is 4.41. The Bertz CT molecular complexity index is 375. The van der Waals surface area contributed by atoms with E-state index >= 15 is 0 Å². The number of hydrogen-bond donors (Lipinski definition) is 1. The Kier molecular flexibility index (Phi) is 4.82. The maximum absolute atomic E-state index is 3.58. The van der Waals surface area contributed by atoms with Crippen molar-refractivity contribution in [1.29, 1.82) is 0 Å². The molecule has 1 aromatic carbocycles. The van der Waals surface area contributed by atoms with Crippen LogP contribution in [0.3, 0.4) is 0 Å². The monoisotopic (exact) mass is 245 g/mol. The van der Waals surface area contributed by atoms with E-state index in [1.54, 1.807) is 0 Å². The van der Waals surface area contributed by atoms with Gasteiger partial charge in [0, 0.05) is 6.04 Å². The van der Waals surface area contributed by atoms with E-state index in [0.29, 0.717) is 6.04 Å². The number of hydrogen-bond acceptors (Lipinski definition) is 1. The Morgan fingerprint density at radius 3 is 2.33 bits per heavy atom. The van der Waals surface area contributed by atoms with Crippen molar-refractivity contribution in [1.82, 2.24) is 5.32 Å². The van der Waals surface area contributed by atoms with Crippen LogP contribution in [-0.4, -0.2) is 7.05 Å². The molecule has 0 radical (unpaired) electrons. The molecule has 0 spiro atoms. The van der Waals surface area contributed by atoms with Gasteiger partial charge < -0.3 is 5.32 Å². The van der Waals surface area contributed by atoms with Gasteiger partial charge in [0.05, 0.1) is 0 Å². The highest BCUT2D eigenvalue weighted by atomic mass is 14.9. The summed E-state index contributed by atoms with van der Waals surface area (Å²) in [5.74, 6) is 0.818. The van der Waals surface area contributed by atoms with E-state index in [2.05, 4.69) is 44.4 Å². The Hall–Kier alpha value is -0.820. The second kappa shape index (κ2) is 6.38. The largest absolute Gasteiger partial charge is 0.313 e. The van der Waals surface area contributed by atoms with E-state index in [9.17, 15) is 0 Å². The predicted octanol–water partition coefficient (Wildman–Crippen LogP) is 4.53. The molecule has 0 heterocycles. The molecule has 1 unspecified atom stereocenters. The first-order valence-electron chi connectivity index (χ1n) is 7.47. The summed E-state index contributed by atoms with van der Waals surface area (Å²) in [5, 5.41) is 3.58. The van der Waals surface area contributed by atoms with Crippen LogP contribution in [0, 0.1) is 19.8 Å². The standard InChI is InChI=1S/C17H27N/c1-13-9-8-12-16(14(13)2)17(18-3)15-10-6-4-5-7-11-15/h8-9,12,15,17-18H,4-7,10-11H2,1-3H3. The average molecular weight is 245 g/mol. The molecule has 2 rings (SSSR count). The number of rotatable bonds is 3. The van der Waals surface area contributed by atoms with Crippen molar-refractivity contribution in [3.8, 4) is 0 Å². The van der Waals surface area contributed by atoms with Crippen LogP contribution in [0.5, 0.6) is 0 Å². The van der Waals surface area contributed by atoms with Crippen molar-refractivity contribution >= 4 is 0 Å². The van der Waals surface area contributed by atoms with Crippen LogP contribution in [0.1, 0.15) is 61.3 Å². The highest BCUT2D eigenvalue weighted by molar-refractivity contribution is 5.35. The molecular weight excluding hydrogens is 218 g/mol. The van der Waals surface area contributed by atoms with Gasteiger partial charge in [0.25, 0.3) is 0 Å². The Balaban J connectivity index is 2.23. The predicted molar refractivity (Wildman–Crippen MR) is 78.9 cm³/mol. The van der Waals surface area contributed by atoms with Gasteiger partial charge in [-0.05, 0) is 56.3 Å². The Morgan fingerprint density at radius 1 is 1.06 bits per heavy atom. The normalized spacial score (nSPS) is 19.5. The van der Waals surface area contributed by atoms with E-state index in [0.717, 1.165) is 5.92 Å². The lowest BCUT2D eigenvalue weighted by Gasteiger charge is -2.28. The third kappa shape index (κ3) is 2.95. The van der Waals surface area contributed by atoms with Gasteiger partial charge in [-0.25, -0.2) is 0 Å². The summed E-state index contributed by atoms with van der Waals surface area (Å²) in [6.45, 7) is 4.49. The van der Waals surface area contributed by atoms with Crippen LogP contribution in [0.2, 0.25) is 0 Å². The molecule has 0 amide bonds. The number of nitrogens with one attached hydrogen (secondary N) is 1. The average Bonchev–Trinajstić information content (AvgIpc) is 2.64. The van der Waals surface area contributed by atoms with Crippen LogP contribution in [0.4, 0.5) is 0 Å². The van der Waals surface area contributed by atoms with E-state index in [1.165, 1.54) is 55.2 Å². The van der Waals surface area contributed by atoms with Gasteiger partial charge in [-0.15, -0.1) is 0 Å². The topological polar surface area (TPSA) is 12.0 Å². The summed E-state index contributed by atoms with van der Waals surface area (Å²) < 4.78 is 0. The van der Waals surface area contributed by atoms with Crippen molar-refractivity contribution in [3.05, 3.63) is 34.9 Å².